The van der Waals surface area contributed by atoms with Crippen LogP contribution in [0.3, 0.4) is 0 Å². The van der Waals surface area contributed by atoms with Crippen LogP contribution in [0.5, 0.6) is 0 Å². The van der Waals surface area contributed by atoms with Crippen LogP contribution >= 0.6 is 11.8 Å². The molecule has 0 aromatic carbocycles. The molecule has 0 bridgehead atoms. The summed E-state index contributed by atoms with van der Waals surface area (Å²) in [5.74, 6) is 3.43. The molecule has 20 heavy (non-hydrogen) atoms. The molecule has 112 valence electrons. The summed E-state index contributed by atoms with van der Waals surface area (Å²) in [6.45, 7) is 2.32. The maximum atomic E-state index is 5.37. The van der Waals surface area contributed by atoms with E-state index >= 15 is 0 Å². The zero-order valence-corrected chi connectivity index (χ0v) is 13.0. The molecule has 1 N–H and O–H groups in total. The van der Waals surface area contributed by atoms with Gasteiger partial charge in [0, 0.05) is 11.7 Å². The van der Waals surface area contributed by atoms with E-state index in [9.17, 15) is 0 Å². The minimum Gasteiger partial charge on any atom is -0.339 e. The first kappa shape index (κ1) is 14.4. The van der Waals surface area contributed by atoms with Crippen LogP contribution in [0.2, 0.25) is 0 Å². The fraction of sp³-hybridized carbons (Fsp3) is 0.867. The van der Waals surface area contributed by atoms with E-state index in [2.05, 4.69) is 15.5 Å². The standard InChI is InChI=1S/C15H25N3OS/c1-2-4-13(5-3-1)20-11-14-17-15(19-18-14)7-6-12-8-9-16-10-12/h12-13,16H,1-11H2. The molecule has 2 fully saturated rings. The van der Waals surface area contributed by atoms with Gasteiger partial charge in [-0.2, -0.15) is 16.7 Å². The first-order valence-corrected chi connectivity index (χ1v) is 9.09. The number of thioether (sulfide) groups is 1. The quantitative estimate of drug-likeness (QED) is 0.873. The van der Waals surface area contributed by atoms with E-state index < -0.39 is 0 Å². The molecule has 1 aromatic rings. The topological polar surface area (TPSA) is 51.0 Å². The van der Waals surface area contributed by atoms with Crippen LogP contribution in [0.4, 0.5) is 0 Å². The Bertz CT molecular complexity index is 398. The van der Waals surface area contributed by atoms with Crippen molar-refractivity contribution in [2.75, 3.05) is 13.1 Å². The molecular formula is C15H25N3OS. The summed E-state index contributed by atoms with van der Waals surface area (Å²) in [7, 11) is 0. The lowest BCUT2D eigenvalue weighted by Crippen LogP contribution is -2.09. The van der Waals surface area contributed by atoms with Gasteiger partial charge in [0.05, 0.1) is 5.75 Å². The van der Waals surface area contributed by atoms with E-state index in [1.807, 2.05) is 11.8 Å². The third kappa shape index (κ3) is 4.22. The molecule has 4 nitrogen and oxygen atoms in total. The van der Waals surface area contributed by atoms with Gasteiger partial charge < -0.3 is 9.84 Å². The van der Waals surface area contributed by atoms with Crippen molar-refractivity contribution in [2.45, 2.75) is 62.4 Å². The Hall–Kier alpha value is -0.550. The monoisotopic (exact) mass is 295 g/mol. The van der Waals surface area contributed by atoms with E-state index in [0.29, 0.717) is 0 Å². The lowest BCUT2D eigenvalue weighted by molar-refractivity contribution is 0.361. The van der Waals surface area contributed by atoms with Crippen LogP contribution in [0, 0.1) is 5.92 Å². The Morgan fingerprint density at radius 2 is 2.10 bits per heavy atom. The Balaban J connectivity index is 1.39. The molecule has 1 aliphatic carbocycles. The smallest absolute Gasteiger partial charge is 0.226 e. The molecule has 1 atom stereocenters. The summed E-state index contributed by atoms with van der Waals surface area (Å²) >= 11 is 2.01. The number of aromatic nitrogens is 2. The average molecular weight is 295 g/mol. The molecule has 0 spiro atoms. The predicted molar refractivity (Wildman–Crippen MR) is 81.8 cm³/mol. The van der Waals surface area contributed by atoms with Crippen LogP contribution in [0.15, 0.2) is 4.52 Å². The maximum Gasteiger partial charge on any atom is 0.226 e. The van der Waals surface area contributed by atoms with Gasteiger partial charge in [-0.1, -0.05) is 24.4 Å². The molecule has 0 amide bonds. The average Bonchev–Trinajstić information content (AvgIpc) is 3.16. The highest BCUT2D eigenvalue weighted by atomic mass is 32.2. The highest BCUT2D eigenvalue weighted by molar-refractivity contribution is 7.99. The number of nitrogens with zero attached hydrogens (tertiary/aromatic N) is 2. The molecule has 0 radical (unpaired) electrons. The molecular weight excluding hydrogens is 270 g/mol. The van der Waals surface area contributed by atoms with Gasteiger partial charge in [-0.3, -0.25) is 0 Å². The Morgan fingerprint density at radius 3 is 2.90 bits per heavy atom. The van der Waals surface area contributed by atoms with Crippen molar-refractivity contribution >= 4 is 11.8 Å². The summed E-state index contributed by atoms with van der Waals surface area (Å²) in [5.41, 5.74) is 0. The lowest BCUT2D eigenvalue weighted by atomic mass is 10.0. The van der Waals surface area contributed by atoms with Gasteiger partial charge in [0.2, 0.25) is 5.89 Å². The first-order chi connectivity index (χ1) is 9.90. The molecule has 1 saturated heterocycles. The molecule has 3 rings (SSSR count). The number of hydrogen-bond acceptors (Lipinski definition) is 5. The van der Waals surface area contributed by atoms with Crippen LogP contribution in [0.1, 0.15) is 56.7 Å². The van der Waals surface area contributed by atoms with Crippen LogP contribution in [-0.4, -0.2) is 28.5 Å². The van der Waals surface area contributed by atoms with Crippen molar-refractivity contribution < 1.29 is 4.52 Å². The Morgan fingerprint density at radius 1 is 1.20 bits per heavy atom. The third-order valence-corrected chi connectivity index (χ3v) is 5.81. The van der Waals surface area contributed by atoms with Gasteiger partial charge in [-0.25, -0.2) is 0 Å². The molecule has 2 aliphatic rings. The van der Waals surface area contributed by atoms with E-state index in [0.717, 1.165) is 48.1 Å². The molecule has 1 aliphatic heterocycles. The number of hydrogen-bond donors (Lipinski definition) is 1. The van der Waals surface area contributed by atoms with Gasteiger partial charge >= 0.3 is 0 Å². The van der Waals surface area contributed by atoms with Gasteiger partial charge in [0.1, 0.15) is 0 Å². The largest absolute Gasteiger partial charge is 0.339 e. The van der Waals surface area contributed by atoms with Crippen molar-refractivity contribution in [3.8, 4) is 0 Å². The molecule has 1 saturated carbocycles. The second-order valence-electron chi connectivity index (χ2n) is 6.07. The first-order valence-electron chi connectivity index (χ1n) is 8.04. The molecule has 5 heteroatoms. The Labute approximate surface area is 125 Å². The highest BCUT2D eigenvalue weighted by Crippen LogP contribution is 2.29. The van der Waals surface area contributed by atoms with Crippen molar-refractivity contribution in [1.82, 2.24) is 15.5 Å². The van der Waals surface area contributed by atoms with Gasteiger partial charge in [-0.15, -0.1) is 0 Å². The number of nitrogens with one attached hydrogen (secondary N) is 1. The van der Waals surface area contributed by atoms with Crippen molar-refractivity contribution in [1.29, 1.82) is 0 Å². The van der Waals surface area contributed by atoms with E-state index in [-0.39, 0.29) is 0 Å². The number of aryl methyl sites for hydroxylation is 1. The van der Waals surface area contributed by atoms with Crippen LogP contribution in [0.25, 0.3) is 0 Å². The minimum atomic E-state index is 0.793. The molecule has 1 unspecified atom stereocenters. The SMILES string of the molecule is C1CCC(SCc2noc(CCC3CCNC3)n2)CC1. The molecule has 2 heterocycles. The van der Waals surface area contributed by atoms with E-state index in [1.54, 1.807) is 0 Å². The Kier molecular flexibility index (Phi) is 5.36. The summed E-state index contributed by atoms with van der Waals surface area (Å²) < 4.78 is 5.37. The van der Waals surface area contributed by atoms with E-state index in [4.69, 9.17) is 4.52 Å². The number of rotatable bonds is 6. The zero-order valence-electron chi connectivity index (χ0n) is 12.1. The fourth-order valence-electron chi connectivity index (χ4n) is 3.16. The summed E-state index contributed by atoms with van der Waals surface area (Å²) in [6.07, 6.45) is 10.3. The van der Waals surface area contributed by atoms with Crippen molar-refractivity contribution in [3.63, 3.8) is 0 Å². The summed E-state index contributed by atoms with van der Waals surface area (Å²) in [5, 5.41) is 8.34. The maximum absolute atomic E-state index is 5.37. The normalized spacial score (nSPS) is 24.3. The minimum absolute atomic E-state index is 0.793. The van der Waals surface area contributed by atoms with E-state index in [1.165, 1.54) is 44.9 Å². The van der Waals surface area contributed by atoms with Crippen molar-refractivity contribution in [3.05, 3.63) is 11.7 Å². The molecule has 1 aromatic heterocycles. The lowest BCUT2D eigenvalue weighted by Gasteiger charge is -2.19. The summed E-state index contributed by atoms with van der Waals surface area (Å²) in [4.78, 5) is 4.54. The highest BCUT2D eigenvalue weighted by Gasteiger charge is 2.17. The third-order valence-electron chi connectivity index (χ3n) is 4.44. The van der Waals surface area contributed by atoms with Gasteiger partial charge in [0.15, 0.2) is 5.82 Å². The van der Waals surface area contributed by atoms with Gasteiger partial charge in [-0.05, 0) is 44.7 Å². The van der Waals surface area contributed by atoms with Crippen molar-refractivity contribution in [2.24, 2.45) is 5.92 Å². The fourth-order valence-corrected chi connectivity index (χ4v) is 4.33. The predicted octanol–water partition coefficient (Wildman–Crippen LogP) is 3.18. The van der Waals surface area contributed by atoms with Gasteiger partial charge in [0.25, 0.3) is 0 Å². The summed E-state index contributed by atoms with van der Waals surface area (Å²) in [6, 6.07) is 0. The zero-order chi connectivity index (χ0) is 13.6. The van der Waals surface area contributed by atoms with Crippen LogP contribution in [-0.2, 0) is 12.2 Å². The second kappa shape index (κ2) is 7.46. The second-order valence-corrected chi connectivity index (χ2v) is 7.36. The van der Waals surface area contributed by atoms with Crippen LogP contribution < -0.4 is 5.32 Å².